The van der Waals surface area contributed by atoms with E-state index >= 15 is 0 Å². The van der Waals surface area contributed by atoms with Crippen LogP contribution in [0.4, 0.5) is 11.4 Å². The molecule has 3 N–H and O–H groups in total. The number of anilines is 2. The molecule has 10 heteroatoms. The van der Waals surface area contributed by atoms with E-state index < -0.39 is 15.9 Å². The monoisotopic (exact) mass is 482 g/mol. The van der Waals surface area contributed by atoms with Gasteiger partial charge in [0.15, 0.2) is 0 Å². The van der Waals surface area contributed by atoms with Crippen LogP contribution >= 0.6 is 11.3 Å². The highest BCUT2D eigenvalue weighted by Crippen LogP contribution is 2.30. The largest absolute Gasteiger partial charge is 0.326 e. The van der Waals surface area contributed by atoms with E-state index in [0.717, 1.165) is 29.7 Å². The molecule has 33 heavy (non-hydrogen) atoms. The number of rotatable bonds is 8. The van der Waals surface area contributed by atoms with Gasteiger partial charge in [0.25, 0.3) is 15.9 Å². The lowest BCUT2D eigenvalue weighted by Crippen LogP contribution is -2.22. The summed E-state index contributed by atoms with van der Waals surface area (Å²) in [7, 11) is -3.79. The molecular weight excluding hydrogens is 460 g/mol. The van der Waals surface area contributed by atoms with Crippen molar-refractivity contribution in [2.75, 3.05) is 10.0 Å². The molecule has 0 atom stereocenters. The molecule has 4 rings (SSSR count). The van der Waals surface area contributed by atoms with E-state index in [1.807, 2.05) is 0 Å². The molecule has 1 aliphatic rings. The number of carbonyl (C=O) groups excluding carboxylic acids is 2. The van der Waals surface area contributed by atoms with Gasteiger partial charge in [-0.2, -0.15) is 5.10 Å². The van der Waals surface area contributed by atoms with E-state index in [9.17, 15) is 18.0 Å². The second-order valence-electron chi connectivity index (χ2n) is 7.56. The molecule has 1 aliphatic carbocycles. The normalized spacial score (nSPS) is 13.9. The minimum atomic E-state index is -3.79. The SMILES string of the molecule is C/C(=N\NC(=O)c1ccccc1NS(=O)(=O)c1cccs1)c1ccc(NC(=O)C2CC2)cc1. The molecule has 8 nitrogen and oxygen atoms in total. The molecule has 1 fully saturated rings. The molecule has 2 amide bonds. The predicted molar refractivity (Wildman–Crippen MR) is 129 cm³/mol. The summed E-state index contributed by atoms with van der Waals surface area (Å²) in [5.41, 5.74) is 4.81. The fraction of sp³-hybridized carbons (Fsp3) is 0.174. The zero-order chi connectivity index (χ0) is 23.4. The minimum absolute atomic E-state index is 0.0359. The zero-order valence-corrected chi connectivity index (χ0v) is 19.4. The number of thiophene rings is 1. The van der Waals surface area contributed by atoms with Crippen LogP contribution in [0.15, 0.2) is 75.4 Å². The number of amides is 2. The first-order chi connectivity index (χ1) is 15.8. The first kappa shape index (κ1) is 22.7. The minimum Gasteiger partial charge on any atom is -0.326 e. The van der Waals surface area contributed by atoms with Crippen LogP contribution in [0.3, 0.4) is 0 Å². The summed E-state index contributed by atoms with van der Waals surface area (Å²) >= 11 is 1.09. The maximum atomic E-state index is 12.7. The van der Waals surface area contributed by atoms with Gasteiger partial charge in [0.05, 0.1) is 17.0 Å². The van der Waals surface area contributed by atoms with E-state index in [1.165, 1.54) is 18.2 Å². The highest BCUT2D eigenvalue weighted by Gasteiger charge is 2.29. The van der Waals surface area contributed by atoms with Crippen molar-refractivity contribution in [1.82, 2.24) is 5.43 Å². The number of hydrogen-bond acceptors (Lipinski definition) is 6. The summed E-state index contributed by atoms with van der Waals surface area (Å²) in [5.74, 6) is -0.387. The van der Waals surface area contributed by atoms with Gasteiger partial charge in [-0.3, -0.25) is 14.3 Å². The van der Waals surface area contributed by atoms with Gasteiger partial charge in [0.1, 0.15) is 4.21 Å². The smallest absolute Gasteiger partial charge is 0.273 e. The van der Waals surface area contributed by atoms with Gasteiger partial charge in [-0.25, -0.2) is 13.8 Å². The number of hydrogen-bond donors (Lipinski definition) is 3. The Balaban J connectivity index is 1.43. The fourth-order valence-electron chi connectivity index (χ4n) is 3.03. The summed E-state index contributed by atoms with van der Waals surface area (Å²) in [6.45, 7) is 1.74. The van der Waals surface area contributed by atoms with Crippen molar-refractivity contribution < 1.29 is 18.0 Å². The molecule has 0 saturated heterocycles. The Morgan fingerprint density at radius 1 is 1.00 bits per heavy atom. The molecule has 1 aromatic heterocycles. The van der Waals surface area contributed by atoms with Crippen molar-refractivity contribution in [3.63, 3.8) is 0 Å². The molecule has 0 spiro atoms. The number of sulfonamides is 1. The molecule has 2 aromatic carbocycles. The van der Waals surface area contributed by atoms with E-state index in [1.54, 1.807) is 54.8 Å². The van der Waals surface area contributed by atoms with Crippen molar-refractivity contribution in [3.05, 3.63) is 77.2 Å². The summed E-state index contributed by atoms with van der Waals surface area (Å²) in [5, 5.41) is 8.68. The lowest BCUT2D eigenvalue weighted by atomic mass is 10.1. The van der Waals surface area contributed by atoms with Crippen molar-refractivity contribution in [2.45, 2.75) is 24.0 Å². The van der Waals surface area contributed by atoms with Gasteiger partial charge in [-0.05, 0) is 61.0 Å². The molecular formula is C23H22N4O4S2. The summed E-state index contributed by atoms with van der Waals surface area (Å²) in [6, 6.07) is 16.6. The second kappa shape index (κ2) is 9.55. The van der Waals surface area contributed by atoms with Crippen LogP contribution < -0.4 is 15.5 Å². The lowest BCUT2D eigenvalue weighted by Gasteiger charge is -2.11. The van der Waals surface area contributed by atoms with Crippen molar-refractivity contribution in [1.29, 1.82) is 0 Å². The quantitative estimate of drug-likeness (QED) is 0.332. The molecule has 170 valence electrons. The Bertz CT molecular complexity index is 1300. The van der Waals surface area contributed by atoms with Gasteiger partial charge >= 0.3 is 0 Å². The first-order valence-corrected chi connectivity index (χ1v) is 12.6. The summed E-state index contributed by atoms with van der Waals surface area (Å²) in [4.78, 5) is 24.6. The molecule has 0 unspecified atom stereocenters. The van der Waals surface area contributed by atoms with Gasteiger partial charge in [0.2, 0.25) is 5.91 Å². The summed E-state index contributed by atoms with van der Waals surface area (Å²) in [6.07, 6.45) is 1.88. The molecule has 1 saturated carbocycles. The third-order valence-electron chi connectivity index (χ3n) is 5.02. The van der Waals surface area contributed by atoms with Crippen LogP contribution in [-0.4, -0.2) is 25.9 Å². The van der Waals surface area contributed by atoms with Crippen LogP contribution in [0.1, 0.15) is 35.7 Å². The van der Waals surface area contributed by atoms with Crippen LogP contribution in [0.2, 0.25) is 0 Å². The number of benzene rings is 2. The molecule has 0 aliphatic heterocycles. The molecule has 1 heterocycles. The third-order valence-corrected chi connectivity index (χ3v) is 7.78. The maximum Gasteiger partial charge on any atom is 0.273 e. The van der Waals surface area contributed by atoms with E-state index in [-0.39, 0.29) is 27.3 Å². The number of nitrogens with one attached hydrogen (secondary N) is 3. The van der Waals surface area contributed by atoms with Gasteiger partial charge < -0.3 is 5.32 Å². The number of nitrogens with zero attached hydrogens (tertiary/aromatic N) is 1. The van der Waals surface area contributed by atoms with Crippen LogP contribution in [0.25, 0.3) is 0 Å². The average molecular weight is 483 g/mol. The van der Waals surface area contributed by atoms with Crippen LogP contribution in [0, 0.1) is 5.92 Å². The van der Waals surface area contributed by atoms with E-state index in [2.05, 4.69) is 20.6 Å². The Morgan fingerprint density at radius 2 is 1.73 bits per heavy atom. The second-order valence-corrected chi connectivity index (χ2v) is 10.4. The van der Waals surface area contributed by atoms with E-state index in [0.29, 0.717) is 11.4 Å². The number of carbonyl (C=O) groups is 2. The number of para-hydroxylation sites is 1. The number of hydrazone groups is 1. The van der Waals surface area contributed by atoms with Gasteiger partial charge in [0, 0.05) is 11.6 Å². The predicted octanol–water partition coefficient (Wildman–Crippen LogP) is 4.05. The highest BCUT2D eigenvalue weighted by atomic mass is 32.2. The van der Waals surface area contributed by atoms with Crippen molar-refractivity contribution in [2.24, 2.45) is 11.0 Å². The fourth-order valence-corrected chi connectivity index (χ4v) is 5.10. The van der Waals surface area contributed by atoms with Crippen LogP contribution in [-0.2, 0) is 14.8 Å². The Kier molecular flexibility index (Phi) is 6.57. The van der Waals surface area contributed by atoms with Crippen LogP contribution in [0.5, 0.6) is 0 Å². The van der Waals surface area contributed by atoms with Gasteiger partial charge in [-0.1, -0.05) is 30.3 Å². The average Bonchev–Trinajstić information content (AvgIpc) is 3.51. The standard InChI is InChI=1S/C23H22N4O4S2/c1-15(16-10-12-18(13-11-16)24-22(28)17-8-9-17)25-26-23(29)19-5-2-3-6-20(19)27-33(30,31)21-7-4-14-32-21/h2-7,10-14,17,27H,8-9H2,1H3,(H,24,28)(H,26,29)/b25-15+. The molecule has 0 bridgehead atoms. The van der Waals surface area contributed by atoms with E-state index in [4.69, 9.17) is 0 Å². The Labute approximate surface area is 195 Å². The molecule has 0 radical (unpaired) electrons. The molecule has 3 aromatic rings. The third kappa shape index (κ3) is 5.65. The maximum absolute atomic E-state index is 12.7. The topological polar surface area (TPSA) is 117 Å². The Morgan fingerprint density at radius 3 is 2.39 bits per heavy atom. The van der Waals surface area contributed by atoms with Crippen molar-refractivity contribution in [3.8, 4) is 0 Å². The van der Waals surface area contributed by atoms with Crippen molar-refractivity contribution >= 4 is 50.3 Å². The zero-order valence-electron chi connectivity index (χ0n) is 17.7. The first-order valence-electron chi connectivity index (χ1n) is 10.2. The van der Waals surface area contributed by atoms with Gasteiger partial charge in [-0.15, -0.1) is 11.3 Å². The lowest BCUT2D eigenvalue weighted by molar-refractivity contribution is -0.117. The summed E-state index contributed by atoms with van der Waals surface area (Å²) < 4.78 is 27.7. The highest BCUT2D eigenvalue weighted by molar-refractivity contribution is 7.94. The Hall–Kier alpha value is -3.50.